The Morgan fingerprint density at radius 2 is 1.03 bits per heavy atom. The highest BCUT2D eigenvalue weighted by molar-refractivity contribution is 6.37. The number of alkyl halides is 3. The van der Waals surface area contributed by atoms with Crippen LogP contribution in [0.3, 0.4) is 0 Å². The zero-order chi connectivity index (χ0) is 22.8. The van der Waals surface area contributed by atoms with Gasteiger partial charge in [-0.3, -0.25) is 9.59 Å². The zero-order valence-corrected chi connectivity index (χ0v) is 17.6. The van der Waals surface area contributed by atoms with Crippen LogP contribution in [-0.2, 0) is 6.18 Å². The number of rotatable bonds is 4. The molecule has 2 N–H and O–H groups in total. The number of amides is 2. The van der Waals surface area contributed by atoms with Gasteiger partial charge in [-0.1, -0.05) is 34.8 Å². The van der Waals surface area contributed by atoms with Crippen molar-refractivity contribution in [2.45, 2.75) is 6.18 Å². The van der Waals surface area contributed by atoms with Gasteiger partial charge in [0.25, 0.3) is 11.8 Å². The van der Waals surface area contributed by atoms with Crippen LogP contribution in [0.4, 0.5) is 24.5 Å². The molecule has 31 heavy (non-hydrogen) atoms. The molecule has 4 nitrogen and oxygen atoms in total. The minimum Gasteiger partial charge on any atom is -0.321 e. The van der Waals surface area contributed by atoms with Crippen molar-refractivity contribution in [2.24, 2.45) is 0 Å². The summed E-state index contributed by atoms with van der Waals surface area (Å²) in [5, 5.41) is 5.19. The molecule has 0 unspecified atom stereocenters. The van der Waals surface area contributed by atoms with Crippen LogP contribution >= 0.6 is 34.8 Å². The van der Waals surface area contributed by atoms with Crippen molar-refractivity contribution in [2.75, 3.05) is 10.6 Å². The summed E-state index contributed by atoms with van der Waals surface area (Å²) >= 11 is 17.8. The van der Waals surface area contributed by atoms with Crippen molar-refractivity contribution in [1.82, 2.24) is 0 Å². The molecule has 3 aromatic rings. The summed E-state index contributed by atoms with van der Waals surface area (Å²) in [5.74, 6) is -1.40. The van der Waals surface area contributed by atoms with Crippen molar-refractivity contribution in [3.63, 3.8) is 0 Å². The van der Waals surface area contributed by atoms with Gasteiger partial charge in [0.05, 0.1) is 22.0 Å². The van der Waals surface area contributed by atoms with Gasteiger partial charge in [-0.15, -0.1) is 0 Å². The van der Waals surface area contributed by atoms with Gasteiger partial charge >= 0.3 is 6.18 Å². The molecule has 0 aromatic heterocycles. The smallest absolute Gasteiger partial charge is 0.321 e. The summed E-state index contributed by atoms with van der Waals surface area (Å²) in [4.78, 5) is 24.9. The molecule has 0 spiro atoms. The maximum absolute atomic E-state index is 13.4. The average Bonchev–Trinajstić information content (AvgIpc) is 2.71. The van der Waals surface area contributed by atoms with Gasteiger partial charge in [-0.2, -0.15) is 13.2 Å². The van der Waals surface area contributed by atoms with E-state index in [0.29, 0.717) is 22.2 Å². The monoisotopic (exact) mass is 486 g/mol. The second kappa shape index (κ2) is 9.18. The topological polar surface area (TPSA) is 58.2 Å². The summed E-state index contributed by atoms with van der Waals surface area (Å²) < 4.78 is 40.2. The molecule has 3 aromatic carbocycles. The van der Waals surface area contributed by atoms with E-state index in [4.69, 9.17) is 34.8 Å². The van der Waals surface area contributed by atoms with Crippen LogP contribution in [0.5, 0.6) is 0 Å². The number of halogens is 6. The summed E-state index contributed by atoms with van der Waals surface area (Å²) in [6.45, 7) is 0. The Kier molecular flexibility index (Phi) is 6.79. The van der Waals surface area contributed by atoms with Crippen LogP contribution in [0, 0.1) is 0 Å². The van der Waals surface area contributed by atoms with E-state index in [9.17, 15) is 22.8 Å². The predicted octanol–water partition coefficient (Wildman–Crippen LogP) is 7.17. The molecular formula is C21H12Cl3F3N2O2. The predicted molar refractivity (Wildman–Crippen MR) is 115 cm³/mol. The van der Waals surface area contributed by atoms with Gasteiger partial charge in [0.1, 0.15) is 0 Å². The van der Waals surface area contributed by atoms with Crippen LogP contribution < -0.4 is 10.6 Å². The Balaban J connectivity index is 1.95. The van der Waals surface area contributed by atoms with Crippen molar-refractivity contribution in [1.29, 1.82) is 0 Å². The quantitative estimate of drug-likeness (QED) is 0.410. The third-order valence-corrected chi connectivity index (χ3v) is 5.02. The Hall–Kier alpha value is -2.74. The highest BCUT2D eigenvalue weighted by Gasteiger charge is 2.32. The lowest BCUT2D eigenvalue weighted by Gasteiger charge is -2.16. The van der Waals surface area contributed by atoms with E-state index in [-0.39, 0.29) is 27.5 Å². The molecule has 0 saturated carbocycles. The summed E-state index contributed by atoms with van der Waals surface area (Å²) in [6.07, 6.45) is -4.75. The van der Waals surface area contributed by atoms with E-state index in [1.54, 1.807) is 0 Å². The van der Waals surface area contributed by atoms with Crippen LogP contribution in [0.25, 0.3) is 0 Å². The van der Waals surface area contributed by atoms with Crippen LogP contribution in [-0.4, -0.2) is 11.8 Å². The third kappa shape index (κ3) is 5.70. The molecule has 0 fully saturated rings. The molecule has 0 atom stereocenters. The van der Waals surface area contributed by atoms with Gasteiger partial charge in [-0.25, -0.2) is 0 Å². The number of carbonyl (C=O) groups excluding carboxylic acids is 2. The summed E-state index contributed by atoms with van der Waals surface area (Å²) in [6, 6.07) is 12.8. The highest BCUT2D eigenvalue weighted by atomic mass is 35.5. The largest absolute Gasteiger partial charge is 0.416 e. The van der Waals surface area contributed by atoms with E-state index >= 15 is 0 Å². The fourth-order valence-electron chi connectivity index (χ4n) is 2.56. The fourth-order valence-corrected chi connectivity index (χ4v) is 3.02. The Labute approximate surface area is 189 Å². The molecule has 0 heterocycles. The van der Waals surface area contributed by atoms with Crippen molar-refractivity contribution in [3.8, 4) is 0 Å². The standard InChI is InChI=1S/C21H12Cl3F3N2O2/c22-14-5-1-11(2-6-14)19(30)28-16-9-13(21(25,26)27)10-17(18(16)24)29-20(31)12-3-7-15(23)8-4-12/h1-10H,(H,28,30)(H,29,31). The fraction of sp³-hybridized carbons (Fsp3) is 0.0476. The van der Waals surface area contributed by atoms with E-state index in [1.807, 2.05) is 0 Å². The number of benzene rings is 3. The number of anilines is 2. The Morgan fingerprint density at radius 3 is 1.35 bits per heavy atom. The van der Waals surface area contributed by atoms with Crippen molar-refractivity contribution < 1.29 is 22.8 Å². The van der Waals surface area contributed by atoms with Crippen LogP contribution in [0.2, 0.25) is 15.1 Å². The lowest BCUT2D eigenvalue weighted by molar-refractivity contribution is -0.137. The Bertz CT molecular complexity index is 1050. The van der Waals surface area contributed by atoms with Gasteiger partial charge in [0, 0.05) is 21.2 Å². The zero-order valence-electron chi connectivity index (χ0n) is 15.4. The molecule has 3 rings (SSSR count). The molecule has 10 heteroatoms. The first-order valence-electron chi connectivity index (χ1n) is 8.59. The maximum Gasteiger partial charge on any atom is 0.416 e. The number of nitrogens with one attached hydrogen (secondary N) is 2. The first kappa shape index (κ1) is 22.9. The minimum atomic E-state index is -4.75. The second-order valence-electron chi connectivity index (χ2n) is 6.31. The number of hydrogen-bond acceptors (Lipinski definition) is 2. The third-order valence-electron chi connectivity index (χ3n) is 4.11. The summed E-state index contributed by atoms with van der Waals surface area (Å²) in [7, 11) is 0. The number of hydrogen-bond donors (Lipinski definition) is 2. The first-order chi connectivity index (χ1) is 14.5. The lowest BCUT2D eigenvalue weighted by atomic mass is 10.1. The highest BCUT2D eigenvalue weighted by Crippen LogP contribution is 2.39. The van der Waals surface area contributed by atoms with Gasteiger partial charge in [-0.05, 0) is 60.7 Å². The van der Waals surface area contributed by atoms with E-state index in [0.717, 1.165) is 0 Å². The molecule has 0 saturated heterocycles. The molecule has 0 aliphatic rings. The van der Waals surface area contributed by atoms with E-state index < -0.39 is 23.6 Å². The normalized spacial score (nSPS) is 11.2. The summed E-state index contributed by atoms with van der Waals surface area (Å²) in [5.41, 5.74) is -1.42. The average molecular weight is 488 g/mol. The van der Waals surface area contributed by atoms with Crippen molar-refractivity contribution >= 4 is 58.0 Å². The minimum absolute atomic E-state index is 0.157. The SMILES string of the molecule is O=C(Nc1cc(C(F)(F)F)cc(NC(=O)c2ccc(Cl)cc2)c1Cl)c1ccc(Cl)cc1. The molecule has 0 aliphatic heterocycles. The molecule has 0 radical (unpaired) electrons. The first-order valence-corrected chi connectivity index (χ1v) is 9.72. The molecule has 0 aliphatic carbocycles. The van der Waals surface area contributed by atoms with Gasteiger partial charge < -0.3 is 10.6 Å². The van der Waals surface area contributed by atoms with Gasteiger partial charge in [0.2, 0.25) is 0 Å². The van der Waals surface area contributed by atoms with Gasteiger partial charge in [0.15, 0.2) is 0 Å². The second-order valence-corrected chi connectivity index (χ2v) is 7.56. The Morgan fingerprint density at radius 1 is 0.677 bits per heavy atom. The van der Waals surface area contributed by atoms with Crippen molar-refractivity contribution in [3.05, 3.63) is 92.4 Å². The number of carbonyl (C=O) groups is 2. The maximum atomic E-state index is 13.4. The molecule has 2 amide bonds. The molecule has 0 bridgehead atoms. The lowest BCUT2D eigenvalue weighted by Crippen LogP contribution is -2.17. The van der Waals surface area contributed by atoms with Crippen LogP contribution in [0.1, 0.15) is 26.3 Å². The van der Waals surface area contributed by atoms with Crippen LogP contribution in [0.15, 0.2) is 60.7 Å². The molecular weight excluding hydrogens is 476 g/mol. The van der Waals surface area contributed by atoms with E-state index in [1.165, 1.54) is 48.5 Å². The van der Waals surface area contributed by atoms with E-state index in [2.05, 4.69) is 10.6 Å². The molecule has 160 valence electrons.